The molecule has 3 aromatic rings. The molecular weight excluding hydrogens is 432 g/mol. The van der Waals surface area contributed by atoms with Crippen LogP contribution in [0.3, 0.4) is 0 Å². The highest BCUT2D eigenvalue weighted by Gasteiger charge is 2.30. The lowest BCUT2D eigenvalue weighted by molar-refractivity contribution is -0.131. The second kappa shape index (κ2) is 9.97. The summed E-state index contributed by atoms with van der Waals surface area (Å²) in [6.45, 7) is 11.3. The van der Waals surface area contributed by atoms with Crippen LogP contribution in [0.15, 0.2) is 29.3 Å². The Morgan fingerprint density at radius 1 is 1.32 bits per heavy atom. The van der Waals surface area contributed by atoms with Crippen LogP contribution in [0.25, 0.3) is 11.0 Å². The molecule has 1 saturated heterocycles. The fraction of sp³-hybridized carbons (Fsp3) is 0.520. The minimum absolute atomic E-state index is 0.0395. The molecule has 2 aromatic heterocycles. The van der Waals surface area contributed by atoms with E-state index >= 15 is 0 Å². The van der Waals surface area contributed by atoms with Gasteiger partial charge in [0.25, 0.3) is 0 Å². The number of aliphatic hydroxyl groups is 1. The highest BCUT2D eigenvalue weighted by Crippen LogP contribution is 2.31. The molecule has 0 bridgehead atoms. The van der Waals surface area contributed by atoms with Crippen LogP contribution in [0.1, 0.15) is 70.7 Å². The Balaban J connectivity index is 1.88. The standard InChI is InChI=1S/C25H34N6O3/c1-15(2)21-23-22(29-28-21)24(26-13-18-8-6-10-20(12-18)34-17(5)33)27-25(31(23)16(3)4)30-11-7-9-19(30)14-32/h6,8,10,12,15-16,19,32H,7,9,11,13-14H2,1-5H3,(H,28,29). The van der Waals surface area contributed by atoms with Crippen LogP contribution in [0, 0.1) is 0 Å². The number of aromatic amines is 1. The van der Waals surface area contributed by atoms with Crippen molar-refractivity contribution < 1.29 is 14.6 Å². The summed E-state index contributed by atoms with van der Waals surface area (Å²) in [5.41, 5.74) is 4.25. The van der Waals surface area contributed by atoms with Crippen LogP contribution < -0.4 is 15.1 Å². The zero-order chi connectivity index (χ0) is 24.4. The second-order valence-electron chi connectivity index (χ2n) is 9.42. The van der Waals surface area contributed by atoms with Crippen molar-refractivity contribution >= 4 is 23.0 Å². The molecular formula is C25H34N6O3. The predicted octanol–water partition coefficient (Wildman–Crippen LogP) is 3.45. The van der Waals surface area contributed by atoms with E-state index in [-0.39, 0.29) is 30.6 Å². The van der Waals surface area contributed by atoms with Gasteiger partial charge in [0.05, 0.1) is 30.4 Å². The number of esters is 1. The van der Waals surface area contributed by atoms with Crippen molar-refractivity contribution in [3.8, 4) is 5.75 Å². The summed E-state index contributed by atoms with van der Waals surface area (Å²) in [4.78, 5) is 23.4. The molecule has 4 rings (SSSR count). The van der Waals surface area contributed by atoms with Gasteiger partial charge in [-0.1, -0.05) is 26.0 Å². The van der Waals surface area contributed by atoms with Crippen LogP contribution in [-0.4, -0.2) is 50.0 Å². The van der Waals surface area contributed by atoms with E-state index in [1.807, 2.05) is 18.2 Å². The Kier molecular flexibility index (Phi) is 7.02. The number of aromatic nitrogens is 4. The van der Waals surface area contributed by atoms with Gasteiger partial charge in [-0.3, -0.25) is 14.9 Å². The normalized spacial score (nSPS) is 16.9. The molecule has 9 nitrogen and oxygen atoms in total. The maximum absolute atomic E-state index is 11.3. The van der Waals surface area contributed by atoms with Crippen molar-refractivity contribution in [1.82, 2.24) is 19.7 Å². The predicted molar refractivity (Wildman–Crippen MR) is 131 cm³/mol. The molecule has 34 heavy (non-hydrogen) atoms. The van der Waals surface area contributed by atoms with E-state index in [1.165, 1.54) is 6.92 Å². The number of rotatable bonds is 7. The first kappa shape index (κ1) is 23.9. The van der Waals surface area contributed by atoms with Gasteiger partial charge in [0.15, 0.2) is 11.0 Å². The molecule has 0 amide bonds. The second-order valence-corrected chi connectivity index (χ2v) is 9.42. The van der Waals surface area contributed by atoms with Crippen molar-refractivity contribution in [2.45, 2.75) is 72.0 Å². The van der Waals surface area contributed by atoms with E-state index in [0.29, 0.717) is 17.8 Å². The van der Waals surface area contributed by atoms with Crippen LogP contribution in [0.2, 0.25) is 0 Å². The smallest absolute Gasteiger partial charge is 0.308 e. The van der Waals surface area contributed by atoms with Gasteiger partial charge in [-0.25, -0.2) is 0 Å². The van der Waals surface area contributed by atoms with Crippen LogP contribution in [-0.2, 0) is 11.3 Å². The number of nitrogens with zero attached hydrogens (tertiary/aromatic N) is 5. The quantitative estimate of drug-likeness (QED) is 0.408. The van der Waals surface area contributed by atoms with Gasteiger partial charge in [0.2, 0.25) is 5.95 Å². The summed E-state index contributed by atoms with van der Waals surface area (Å²) in [6.07, 6.45) is 1.95. The zero-order valence-corrected chi connectivity index (χ0v) is 20.6. The Morgan fingerprint density at radius 2 is 2.12 bits per heavy atom. The van der Waals surface area contributed by atoms with Crippen molar-refractivity contribution in [2.75, 3.05) is 18.1 Å². The van der Waals surface area contributed by atoms with E-state index < -0.39 is 0 Å². The largest absolute Gasteiger partial charge is 0.427 e. The summed E-state index contributed by atoms with van der Waals surface area (Å²) in [7, 11) is 0. The maximum Gasteiger partial charge on any atom is 0.308 e. The average molecular weight is 467 g/mol. The SMILES string of the molecule is CC(=O)Oc1cccc(CN=c2nc(N3CCCC3CO)n(C(C)C)c3c(C(C)C)[nH]nc23)c1. The number of hydrogen-bond donors (Lipinski definition) is 2. The minimum atomic E-state index is -0.356. The summed E-state index contributed by atoms with van der Waals surface area (Å²) >= 11 is 0. The van der Waals surface area contributed by atoms with Crippen LogP contribution in [0.5, 0.6) is 5.75 Å². The van der Waals surface area contributed by atoms with Gasteiger partial charge >= 0.3 is 5.97 Å². The first-order chi connectivity index (χ1) is 16.3. The average Bonchev–Trinajstić information content (AvgIpc) is 3.43. The number of carbonyl (C=O) groups is 1. The highest BCUT2D eigenvalue weighted by atomic mass is 16.5. The fourth-order valence-electron chi connectivity index (χ4n) is 4.58. The summed E-state index contributed by atoms with van der Waals surface area (Å²) in [5, 5.41) is 17.8. The molecule has 2 N–H and O–H groups in total. The van der Waals surface area contributed by atoms with E-state index in [4.69, 9.17) is 14.7 Å². The first-order valence-corrected chi connectivity index (χ1v) is 12.0. The Bertz CT molecular complexity index is 1240. The van der Waals surface area contributed by atoms with Gasteiger partial charge < -0.3 is 19.3 Å². The monoisotopic (exact) mass is 466 g/mol. The fourth-order valence-corrected chi connectivity index (χ4v) is 4.58. The number of ether oxygens (including phenoxy) is 1. The van der Waals surface area contributed by atoms with Gasteiger partial charge in [0.1, 0.15) is 5.75 Å². The van der Waals surface area contributed by atoms with Crippen LogP contribution in [0.4, 0.5) is 5.95 Å². The van der Waals surface area contributed by atoms with E-state index in [2.05, 4.69) is 47.4 Å². The third-order valence-corrected chi connectivity index (χ3v) is 6.15. The number of fused-ring (bicyclic) bond motifs is 1. The van der Waals surface area contributed by atoms with Crippen molar-refractivity contribution in [2.24, 2.45) is 4.99 Å². The van der Waals surface area contributed by atoms with Gasteiger partial charge in [0, 0.05) is 19.5 Å². The molecule has 3 heterocycles. The molecule has 0 radical (unpaired) electrons. The number of H-pyrrole nitrogens is 1. The van der Waals surface area contributed by atoms with Crippen LogP contribution >= 0.6 is 0 Å². The molecule has 0 spiro atoms. The zero-order valence-electron chi connectivity index (χ0n) is 20.6. The number of benzene rings is 1. The molecule has 1 aliphatic heterocycles. The van der Waals surface area contributed by atoms with Gasteiger partial charge in [-0.05, 0) is 50.3 Å². The summed E-state index contributed by atoms with van der Waals surface area (Å²) < 4.78 is 7.44. The number of carbonyl (C=O) groups excluding carboxylic acids is 1. The molecule has 1 unspecified atom stereocenters. The van der Waals surface area contributed by atoms with E-state index in [9.17, 15) is 9.90 Å². The summed E-state index contributed by atoms with van der Waals surface area (Å²) in [5.74, 6) is 1.19. The number of hydrogen-bond acceptors (Lipinski definition) is 7. The molecule has 182 valence electrons. The molecule has 0 aliphatic carbocycles. The Hall–Kier alpha value is -3.20. The summed E-state index contributed by atoms with van der Waals surface area (Å²) in [6, 6.07) is 7.53. The molecule has 1 aliphatic rings. The van der Waals surface area contributed by atoms with Crippen molar-refractivity contribution in [3.63, 3.8) is 0 Å². The topological polar surface area (TPSA) is 109 Å². The molecule has 1 fully saturated rings. The number of aliphatic hydroxyl groups excluding tert-OH is 1. The number of nitrogens with one attached hydrogen (secondary N) is 1. The maximum atomic E-state index is 11.3. The number of anilines is 1. The Labute approximate surface area is 199 Å². The van der Waals surface area contributed by atoms with Crippen molar-refractivity contribution in [3.05, 3.63) is 41.0 Å². The first-order valence-electron chi connectivity index (χ1n) is 12.0. The van der Waals surface area contributed by atoms with E-state index in [0.717, 1.165) is 47.6 Å². The van der Waals surface area contributed by atoms with Crippen molar-refractivity contribution in [1.29, 1.82) is 0 Å². The van der Waals surface area contributed by atoms with E-state index in [1.54, 1.807) is 6.07 Å². The lowest BCUT2D eigenvalue weighted by Gasteiger charge is -2.29. The third kappa shape index (κ3) is 4.70. The van der Waals surface area contributed by atoms with Gasteiger partial charge in [-0.15, -0.1) is 0 Å². The lowest BCUT2D eigenvalue weighted by atomic mass is 10.1. The van der Waals surface area contributed by atoms with Gasteiger partial charge in [-0.2, -0.15) is 10.1 Å². The molecule has 9 heteroatoms. The molecule has 1 atom stereocenters. The lowest BCUT2D eigenvalue weighted by Crippen LogP contribution is -2.37. The highest BCUT2D eigenvalue weighted by molar-refractivity contribution is 5.79. The minimum Gasteiger partial charge on any atom is -0.427 e. The molecule has 0 saturated carbocycles. The molecule has 1 aromatic carbocycles. The Morgan fingerprint density at radius 3 is 2.79 bits per heavy atom. The third-order valence-electron chi connectivity index (χ3n) is 6.15.